The minimum absolute atomic E-state index is 0.835. The Kier molecular flexibility index (Phi) is 2.72. The van der Waals surface area contributed by atoms with Gasteiger partial charge in [-0.2, -0.15) is 0 Å². The topological polar surface area (TPSA) is 21.1 Å². The number of aromatic nitrogens is 2. The molecule has 3 heterocycles. The lowest BCUT2D eigenvalue weighted by molar-refractivity contribution is 0.393. The molecule has 3 nitrogen and oxygen atoms in total. The first-order chi connectivity index (χ1) is 7.81. The summed E-state index contributed by atoms with van der Waals surface area (Å²) in [7, 11) is 2.22. The van der Waals surface area contributed by atoms with Crippen molar-refractivity contribution in [1.29, 1.82) is 0 Å². The van der Waals surface area contributed by atoms with Crippen molar-refractivity contribution in [3.63, 3.8) is 0 Å². The molecule has 0 spiro atoms. The van der Waals surface area contributed by atoms with Gasteiger partial charge in [0, 0.05) is 25.7 Å². The second kappa shape index (κ2) is 4.21. The summed E-state index contributed by atoms with van der Waals surface area (Å²) in [6, 6.07) is 0. The fraction of sp³-hybridized carbons (Fsp3) is 0.769. The van der Waals surface area contributed by atoms with Crippen molar-refractivity contribution >= 4 is 0 Å². The van der Waals surface area contributed by atoms with Crippen LogP contribution in [0.25, 0.3) is 0 Å². The van der Waals surface area contributed by atoms with Gasteiger partial charge in [-0.15, -0.1) is 0 Å². The van der Waals surface area contributed by atoms with Crippen LogP contribution in [-0.4, -0.2) is 34.6 Å². The quantitative estimate of drug-likeness (QED) is 0.755. The molecule has 1 unspecified atom stereocenters. The van der Waals surface area contributed by atoms with Crippen molar-refractivity contribution in [2.24, 2.45) is 5.92 Å². The molecule has 1 saturated heterocycles. The Bertz CT molecular complexity index is 346. The van der Waals surface area contributed by atoms with Crippen molar-refractivity contribution in [3.05, 3.63) is 17.7 Å². The van der Waals surface area contributed by atoms with E-state index in [-0.39, 0.29) is 0 Å². The molecule has 2 aliphatic rings. The summed E-state index contributed by atoms with van der Waals surface area (Å²) in [5.74, 6) is 2.16. The average Bonchev–Trinajstić information content (AvgIpc) is 2.84. The molecule has 3 rings (SSSR count). The molecule has 88 valence electrons. The lowest BCUT2D eigenvalue weighted by Crippen LogP contribution is -2.15. The van der Waals surface area contributed by atoms with Crippen LogP contribution in [0.1, 0.15) is 30.8 Å². The van der Waals surface area contributed by atoms with Gasteiger partial charge in [0.1, 0.15) is 5.82 Å². The Hall–Kier alpha value is -0.830. The van der Waals surface area contributed by atoms with Gasteiger partial charge in [-0.1, -0.05) is 0 Å². The van der Waals surface area contributed by atoms with E-state index in [9.17, 15) is 0 Å². The lowest BCUT2D eigenvalue weighted by Gasteiger charge is -2.11. The van der Waals surface area contributed by atoms with E-state index in [2.05, 4.69) is 22.7 Å². The number of aryl methyl sites for hydroxylation is 2. The molecule has 0 bridgehead atoms. The summed E-state index contributed by atoms with van der Waals surface area (Å²) in [6.07, 6.45) is 8.66. The average molecular weight is 219 g/mol. The van der Waals surface area contributed by atoms with Crippen molar-refractivity contribution < 1.29 is 0 Å². The van der Waals surface area contributed by atoms with Crippen LogP contribution in [-0.2, 0) is 19.4 Å². The van der Waals surface area contributed by atoms with Gasteiger partial charge < -0.3 is 9.47 Å². The van der Waals surface area contributed by atoms with Gasteiger partial charge in [0.2, 0.25) is 0 Å². The van der Waals surface area contributed by atoms with Crippen LogP contribution in [0.15, 0.2) is 6.20 Å². The number of likely N-dealkylation sites (tertiary alicyclic amines) is 1. The van der Waals surface area contributed by atoms with Gasteiger partial charge >= 0.3 is 0 Å². The summed E-state index contributed by atoms with van der Waals surface area (Å²) in [5.41, 5.74) is 1.33. The number of nitrogens with zero attached hydrogens (tertiary/aromatic N) is 3. The number of rotatable bonds is 2. The highest BCUT2D eigenvalue weighted by Crippen LogP contribution is 2.21. The molecule has 0 saturated carbocycles. The third kappa shape index (κ3) is 2.01. The SMILES string of the molecule is CN1CCC(Cc2cn3c(n2)CCCC3)C1. The first kappa shape index (κ1) is 10.3. The highest BCUT2D eigenvalue weighted by Gasteiger charge is 2.21. The first-order valence-corrected chi connectivity index (χ1v) is 6.55. The molecule has 2 aliphatic heterocycles. The smallest absolute Gasteiger partial charge is 0.108 e. The molecule has 0 aromatic carbocycles. The molecular formula is C13H21N3. The van der Waals surface area contributed by atoms with E-state index in [0.717, 1.165) is 5.92 Å². The van der Waals surface area contributed by atoms with Gasteiger partial charge in [-0.05, 0) is 45.2 Å². The van der Waals surface area contributed by atoms with E-state index in [0.29, 0.717) is 0 Å². The molecule has 16 heavy (non-hydrogen) atoms. The van der Waals surface area contributed by atoms with E-state index in [1.807, 2.05) is 0 Å². The monoisotopic (exact) mass is 219 g/mol. The van der Waals surface area contributed by atoms with E-state index >= 15 is 0 Å². The highest BCUT2D eigenvalue weighted by molar-refractivity contribution is 5.07. The van der Waals surface area contributed by atoms with Gasteiger partial charge in [0.05, 0.1) is 5.69 Å². The molecule has 1 aromatic heterocycles. The largest absolute Gasteiger partial charge is 0.335 e. The van der Waals surface area contributed by atoms with Gasteiger partial charge in [-0.25, -0.2) is 4.98 Å². The molecule has 0 amide bonds. The zero-order valence-electron chi connectivity index (χ0n) is 10.2. The maximum absolute atomic E-state index is 4.78. The van der Waals surface area contributed by atoms with E-state index < -0.39 is 0 Å². The molecule has 1 aromatic rings. The summed E-state index contributed by atoms with van der Waals surface area (Å²) in [5, 5.41) is 0. The molecule has 1 atom stereocenters. The van der Waals surface area contributed by atoms with Crippen LogP contribution in [0.4, 0.5) is 0 Å². The predicted molar refractivity (Wildman–Crippen MR) is 64.5 cm³/mol. The Labute approximate surface area is 97.5 Å². The van der Waals surface area contributed by atoms with Crippen LogP contribution in [0.5, 0.6) is 0 Å². The van der Waals surface area contributed by atoms with E-state index in [4.69, 9.17) is 4.98 Å². The van der Waals surface area contributed by atoms with Crippen molar-refractivity contribution in [1.82, 2.24) is 14.5 Å². The molecular weight excluding hydrogens is 198 g/mol. The standard InChI is InChI=1S/C13H21N3/c1-15-7-5-11(9-15)8-12-10-16-6-3-2-4-13(16)14-12/h10-11H,2-9H2,1H3. The summed E-state index contributed by atoms with van der Waals surface area (Å²) >= 11 is 0. The van der Waals surface area contributed by atoms with Crippen molar-refractivity contribution in [3.8, 4) is 0 Å². The fourth-order valence-electron chi connectivity index (χ4n) is 3.06. The second-order valence-electron chi connectivity index (χ2n) is 5.42. The second-order valence-corrected chi connectivity index (χ2v) is 5.42. The van der Waals surface area contributed by atoms with Gasteiger partial charge in [0.15, 0.2) is 0 Å². The minimum Gasteiger partial charge on any atom is -0.335 e. The number of hydrogen-bond acceptors (Lipinski definition) is 2. The number of hydrogen-bond donors (Lipinski definition) is 0. The maximum atomic E-state index is 4.78. The van der Waals surface area contributed by atoms with Crippen LogP contribution in [0, 0.1) is 5.92 Å². The van der Waals surface area contributed by atoms with E-state index in [1.165, 1.54) is 63.3 Å². The van der Waals surface area contributed by atoms with E-state index in [1.54, 1.807) is 0 Å². The lowest BCUT2D eigenvalue weighted by atomic mass is 10.0. The minimum atomic E-state index is 0.835. The molecule has 0 N–H and O–H groups in total. The Morgan fingerprint density at radius 3 is 3.06 bits per heavy atom. The van der Waals surface area contributed by atoms with Crippen LogP contribution in [0.2, 0.25) is 0 Å². The van der Waals surface area contributed by atoms with Crippen LogP contribution >= 0.6 is 0 Å². The summed E-state index contributed by atoms with van der Waals surface area (Å²) < 4.78 is 2.37. The fourth-order valence-corrected chi connectivity index (χ4v) is 3.06. The van der Waals surface area contributed by atoms with Crippen molar-refractivity contribution in [2.45, 2.75) is 38.6 Å². The normalized spacial score (nSPS) is 25.9. The maximum Gasteiger partial charge on any atom is 0.108 e. The number of fused-ring (bicyclic) bond motifs is 1. The van der Waals surface area contributed by atoms with Crippen LogP contribution < -0.4 is 0 Å². The summed E-state index contributed by atoms with van der Waals surface area (Å²) in [6.45, 7) is 3.70. The van der Waals surface area contributed by atoms with Crippen LogP contribution in [0.3, 0.4) is 0 Å². The predicted octanol–water partition coefficient (Wildman–Crippen LogP) is 1.71. The third-order valence-corrected chi connectivity index (χ3v) is 3.95. The molecule has 3 heteroatoms. The zero-order valence-corrected chi connectivity index (χ0v) is 10.2. The molecule has 1 fully saturated rings. The first-order valence-electron chi connectivity index (χ1n) is 6.55. The van der Waals surface area contributed by atoms with Gasteiger partial charge in [0.25, 0.3) is 0 Å². The van der Waals surface area contributed by atoms with Gasteiger partial charge in [-0.3, -0.25) is 0 Å². The molecule has 0 radical (unpaired) electrons. The number of imidazole rings is 1. The Balaban J connectivity index is 1.68. The van der Waals surface area contributed by atoms with Crippen molar-refractivity contribution in [2.75, 3.05) is 20.1 Å². The zero-order chi connectivity index (χ0) is 11.0. The summed E-state index contributed by atoms with van der Waals surface area (Å²) in [4.78, 5) is 7.21. The Morgan fingerprint density at radius 2 is 2.31 bits per heavy atom. The highest BCUT2D eigenvalue weighted by atomic mass is 15.1. The third-order valence-electron chi connectivity index (χ3n) is 3.95. The molecule has 0 aliphatic carbocycles. The Morgan fingerprint density at radius 1 is 1.38 bits per heavy atom.